The van der Waals surface area contributed by atoms with Crippen molar-refractivity contribution in [2.24, 2.45) is 0 Å². The van der Waals surface area contributed by atoms with Gasteiger partial charge in [0, 0.05) is 13.2 Å². The molecule has 0 atom stereocenters. The average Bonchev–Trinajstić information content (AvgIpc) is 2.37. The molecular weight excluding hydrogens is 256 g/mol. The van der Waals surface area contributed by atoms with Gasteiger partial charge in [0.2, 0.25) is 0 Å². The molecule has 104 valence electrons. The van der Waals surface area contributed by atoms with Crippen molar-refractivity contribution < 1.29 is 14.0 Å². The molecule has 0 aliphatic carbocycles. The van der Waals surface area contributed by atoms with Gasteiger partial charge in [-0.2, -0.15) is 0 Å². The van der Waals surface area contributed by atoms with Crippen molar-refractivity contribution in [1.82, 2.24) is 0 Å². The molecule has 0 saturated carbocycles. The van der Waals surface area contributed by atoms with Gasteiger partial charge in [-0.05, 0) is 23.1 Å². The fraction of sp³-hybridized carbons (Fsp3) is 0.400. The molecule has 0 spiro atoms. The molecule has 1 aromatic rings. The molecule has 0 fully saturated rings. The molecule has 0 bridgehead atoms. The van der Waals surface area contributed by atoms with Gasteiger partial charge in [-0.15, -0.1) is 0 Å². The van der Waals surface area contributed by atoms with Crippen LogP contribution < -0.4 is 0 Å². The highest BCUT2D eigenvalue weighted by Crippen LogP contribution is 2.27. The molecule has 1 aromatic carbocycles. The number of ether oxygens (including phenoxy) is 1. The molecule has 0 saturated heterocycles. The predicted octanol–water partition coefficient (Wildman–Crippen LogP) is 2.56. The number of esters is 1. The van der Waals surface area contributed by atoms with Gasteiger partial charge in [0.05, 0.1) is 6.61 Å². The minimum Gasteiger partial charge on any atom is -0.463 e. The fourth-order valence-corrected chi connectivity index (χ4v) is 2.74. The maximum atomic E-state index is 11.5. The van der Waals surface area contributed by atoms with Gasteiger partial charge in [0.15, 0.2) is 9.76 Å². The van der Waals surface area contributed by atoms with Gasteiger partial charge in [-0.25, -0.2) is 4.79 Å². The molecule has 0 unspecified atom stereocenters. The van der Waals surface area contributed by atoms with Crippen LogP contribution in [0.3, 0.4) is 0 Å². The summed E-state index contributed by atoms with van der Waals surface area (Å²) in [5.74, 6) is -0.293. The number of hydrogen-bond donors (Lipinski definition) is 0. The SMILES string of the molecule is CO[SiH2]C(C)(C)CCOC(=O)C=Cc1ccccc1. The van der Waals surface area contributed by atoms with Crippen LogP contribution in [0, 0.1) is 0 Å². The molecule has 0 heterocycles. The Morgan fingerprint density at radius 3 is 2.63 bits per heavy atom. The van der Waals surface area contributed by atoms with Gasteiger partial charge in [0.25, 0.3) is 0 Å². The van der Waals surface area contributed by atoms with Crippen LogP contribution in [-0.4, -0.2) is 29.4 Å². The van der Waals surface area contributed by atoms with E-state index in [0.717, 1.165) is 12.0 Å². The van der Waals surface area contributed by atoms with E-state index in [2.05, 4.69) is 13.8 Å². The zero-order valence-electron chi connectivity index (χ0n) is 11.9. The number of benzene rings is 1. The lowest BCUT2D eigenvalue weighted by atomic mass is 10.1. The summed E-state index contributed by atoms with van der Waals surface area (Å²) in [7, 11) is 1.18. The second-order valence-corrected chi connectivity index (χ2v) is 8.04. The summed E-state index contributed by atoms with van der Waals surface area (Å²) in [5, 5.41) is 0.165. The third-order valence-electron chi connectivity index (χ3n) is 2.77. The Morgan fingerprint density at radius 1 is 1.32 bits per heavy atom. The summed E-state index contributed by atoms with van der Waals surface area (Å²) >= 11 is 0. The summed E-state index contributed by atoms with van der Waals surface area (Å²) in [6.07, 6.45) is 4.07. The van der Waals surface area contributed by atoms with Crippen molar-refractivity contribution in [2.45, 2.75) is 25.3 Å². The van der Waals surface area contributed by atoms with E-state index in [0.29, 0.717) is 6.61 Å². The molecule has 0 aromatic heterocycles. The highest BCUT2D eigenvalue weighted by molar-refractivity contribution is 6.31. The lowest BCUT2D eigenvalue weighted by Crippen LogP contribution is -2.18. The Labute approximate surface area is 117 Å². The monoisotopic (exact) mass is 278 g/mol. The third kappa shape index (κ3) is 6.93. The van der Waals surface area contributed by atoms with Gasteiger partial charge < -0.3 is 9.16 Å². The molecule has 3 nitrogen and oxygen atoms in total. The molecule has 0 aliphatic heterocycles. The van der Waals surface area contributed by atoms with Crippen LogP contribution in [0.1, 0.15) is 25.8 Å². The average molecular weight is 278 g/mol. The Morgan fingerprint density at radius 2 is 2.00 bits per heavy atom. The van der Waals surface area contributed by atoms with Crippen LogP contribution in [0.2, 0.25) is 5.04 Å². The first-order valence-corrected chi connectivity index (χ1v) is 7.71. The van der Waals surface area contributed by atoms with Crippen LogP contribution in [0.4, 0.5) is 0 Å². The van der Waals surface area contributed by atoms with E-state index in [1.807, 2.05) is 30.3 Å². The Hall–Kier alpha value is -1.39. The van der Waals surface area contributed by atoms with Crippen molar-refractivity contribution in [3.05, 3.63) is 42.0 Å². The van der Waals surface area contributed by atoms with E-state index in [4.69, 9.17) is 9.16 Å². The van der Waals surface area contributed by atoms with Crippen LogP contribution in [0.15, 0.2) is 36.4 Å². The van der Waals surface area contributed by atoms with Crippen molar-refractivity contribution in [3.63, 3.8) is 0 Å². The van der Waals surface area contributed by atoms with Crippen LogP contribution in [0.5, 0.6) is 0 Å². The quantitative estimate of drug-likeness (QED) is 0.437. The smallest absolute Gasteiger partial charge is 0.330 e. The second kappa shape index (κ2) is 7.91. The molecule has 0 radical (unpaired) electrons. The van der Waals surface area contributed by atoms with Crippen molar-refractivity contribution in [3.8, 4) is 0 Å². The lowest BCUT2D eigenvalue weighted by Gasteiger charge is -2.21. The van der Waals surface area contributed by atoms with E-state index in [9.17, 15) is 4.79 Å². The summed E-state index contributed by atoms with van der Waals surface area (Å²) in [6, 6.07) is 9.69. The number of carbonyl (C=O) groups excluding carboxylic acids is 1. The number of carbonyl (C=O) groups is 1. The molecule has 0 N–H and O–H groups in total. The molecule has 0 aliphatic rings. The van der Waals surface area contributed by atoms with Crippen LogP contribution in [0.25, 0.3) is 6.08 Å². The molecular formula is C15H22O3Si. The van der Waals surface area contributed by atoms with E-state index in [1.165, 1.54) is 6.08 Å². The Bertz CT molecular complexity index is 413. The summed E-state index contributed by atoms with van der Waals surface area (Å²) < 4.78 is 10.4. The molecule has 1 rings (SSSR count). The van der Waals surface area contributed by atoms with Crippen LogP contribution >= 0.6 is 0 Å². The first-order valence-electron chi connectivity index (χ1n) is 6.42. The minimum absolute atomic E-state index is 0.165. The lowest BCUT2D eigenvalue weighted by molar-refractivity contribution is -0.137. The second-order valence-electron chi connectivity index (χ2n) is 5.26. The zero-order valence-corrected chi connectivity index (χ0v) is 13.3. The van der Waals surface area contributed by atoms with E-state index in [1.54, 1.807) is 13.2 Å². The molecule has 19 heavy (non-hydrogen) atoms. The van der Waals surface area contributed by atoms with Crippen molar-refractivity contribution >= 4 is 21.8 Å². The summed E-state index contributed by atoms with van der Waals surface area (Å²) in [6.45, 7) is 4.74. The highest BCUT2D eigenvalue weighted by atomic mass is 28.2. The molecule has 4 heteroatoms. The fourth-order valence-electron chi connectivity index (χ4n) is 1.67. The highest BCUT2D eigenvalue weighted by Gasteiger charge is 2.18. The normalized spacial score (nSPS) is 12.4. The van der Waals surface area contributed by atoms with Crippen LogP contribution in [-0.2, 0) is 14.0 Å². The van der Waals surface area contributed by atoms with Gasteiger partial charge in [0.1, 0.15) is 0 Å². The Balaban J connectivity index is 2.31. The van der Waals surface area contributed by atoms with Crippen molar-refractivity contribution in [2.75, 3.05) is 13.7 Å². The molecule has 0 amide bonds. The largest absolute Gasteiger partial charge is 0.463 e. The van der Waals surface area contributed by atoms with Gasteiger partial charge >= 0.3 is 5.97 Å². The Kier molecular flexibility index (Phi) is 6.52. The summed E-state index contributed by atoms with van der Waals surface area (Å²) in [5.41, 5.74) is 0.992. The predicted molar refractivity (Wildman–Crippen MR) is 80.6 cm³/mol. The minimum atomic E-state index is -0.558. The first-order chi connectivity index (χ1) is 9.03. The number of hydrogen-bond acceptors (Lipinski definition) is 3. The number of rotatable bonds is 7. The third-order valence-corrected chi connectivity index (χ3v) is 4.19. The van der Waals surface area contributed by atoms with E-state index in [-0.39, 0.29) is 11.0 Å². The summed E-state index contributed by atoms with van der Waals surface area (Å²) in [4.78, 5) is 11.5. The zero-order chi connectivity index (χ0) is 14.1. The van der Waals surface area contributed by atoms with Gasteiger partial charge in [-0.3, -0.25) is 0 Å². The maximum absolute atomic E-state index is 11.5. The maximum Gasteiger partial charge on any atom is 0.330 e. The van der Waals surface area contributed by atoms with Gasteiger partial charge in [-0.1, -0.05) is 44.2 Å². The van der Waals surface area contributed by atoms with E-state index < -0.39 is 9.76 Å². The standard InChI is InChI=1S/C15H22O3Si/c1-15(2,19-17-3)11-12-18-14(16)10-9-13-7-5-4-6-8-13/h4-10H,11-12,19H2,1-3H3. The first kappa shape index (κ1) is 15.7. The topological polar surface area (TPSA) is 35.5 Å². The van der Waals surface area contributed by atoms with Crippen molar-refractivity contribution in [1.29, 1.82) is 0 Å². The van der Waals surface area contributed by atoms with E-state index >= 15 is 0 Å².